The van der Waals surface area contributed by atoms with Crippen molar-refractivity contribution >= 4 is 17.3 Å². The van der Waals surface area contributed by atoms with E-state index in [0.29, 0.717) is 17.7 Å². The molecule has 1 atom stereocenters. The molecule has 0 amide bonds. The molecule has 0 aliphatic rings. The van der Waals surface area contributed by atoms with E-state index in [1.165, 1.54) is 11.3 Å². The third kappa shape index (κ3) is 4.70. The lowest BCUT2D eigenvalue weighted by molar-refractivity contribution is -0.160. The predicted octanol–water partition coefficient (Wildman–Crippen LogP) is 2.87. The first-order valence-electron chi connectivity index (χ1n) is 8.28. The lowest BCUT2D eigenvalue weighted by atomic mass is 9.88. The first kappa shape index (κ1) is 19.2. The highest BCUT2D eigenvalue weighted by atomic mass is 32.1. The van der Waals surface area contributed by atoms with Crippen LogP contribution >= 0.6 is 11.3 Å². The van der Waals surface area contributed by atoms with Gasteiger partial charge in [-0.25, -0.2) is 4.79 Å². The van der Waals surface area contributed by atoms with Gasteiger partial charge in [0, 0.05) is 5.56 Å². The van der Waals surface area contributed by atoms with E-state index in [9.17, 15) is 9.90 Å². The molecule has 1 aromatic heterocycles. The zero-order valence-corrected chi connectivity index (χ0v) is 15.4. The van der Waals surface area contributed by atoms with Crippen LogP contribution in [0.25, 0.3) is 0 Å². The molecule has 0 saturated carbocycles. The van der Waals surface area contributed by atoms with Crippen LogP contribution in [0.1, 0.15) is 25.0 Å². The molecule has 1 N–H and O–H groups in total. The summed E-state index contributed by atoms with van der Waals surface area (Å²) < 4.78 is 5.26. The van der Waals surface area contributed by atoms with Gasteiger partial charge in [-0.3, -0.25) is 4.90 Å². The first-order valence-corrected chi connectivity index (χ1v) is 9.23. The molecular formula is C20H23NO3S. The van der Waals surface area contributed by atoms with Gasteiger partial charge in [0.1, 0.15) is 0 Å². The van der Waals surface area contributed by atoms with Crippen molar-refractivity contribution in [2.45, 2.75) is 19.4 Å². The Balaban J connectivity index is 2.09. The van der Waals surface area contributed by atoms with Gasteiger partial charge < -0.3 is 9.84 Å². The summed E-state index contributed by atoms with van der Waals surface area (Å²) in [7, 11) is 0. The average molecular weight is 357 g/mol. The van der Waals surface area contributed by atoms with E-state index in [2.05, 4.69) is 30.6 Å². The number of thiophene rings is 1. The summed E-state index contributed by atoms with van der Waals surface area (Å²) >= 11 is 1.42. The van der Waals surface area contributed by atoms with Crippen molar-refractivity contribution in [2.24, 2.45) is 0 Å². The number of ether oxygens (including phenoxy) is 1. The third-order valence-corrected chi connectivity index (χ3v) is 4.71. The Hall–Kier alpha value is -2.13. The number of carbonyl (C=O) groups is 1. The molecule has 0 saturated heterocycles. The van der Waals surface area contributed by atoms with Crippen molar-refractivity contribution in [1.82, 2.24) is 4.90 Å². The maximum atomic E-state index is 12.6. The SMILES string of the molecule is CCN(CC)CC#CCOC(=O)C(O)(c1ccccc1)c1ccsc1. The second-order valence-corrected chi connectivity index (χ2v) is 6.26. The molecule has 0 bridgehead atoms. The lowest BCUT2D eigenvalue weighted by Gasteiger charge is -2.25. The van der Waals surface area contributed by atoms with Gasteiger partial charge in [-0.15, -0.1) is 0 Å². The highest BCUT2D eigenvalue weighted by Gasteiger charge is 2.41. The van der Waals surface area contributed by atoms with Crippen LogP contribution in [0, 0.1) is 11.8 Å². The number of esters is 1. The van der Waals surface area contributed by atoms with E-state index < -0.39 is 11.6 Å². The second kappa shape index (κ2) is 9.38. The van der Waals surface area contributed by atoms with Crippen molar-refractivity contribution in [3.63, 3.8) is 0 Å². The predicted molar refractivity (Wildman–Crippen MR) is 100 cm³/mol. The topological polar surface area (TPSA) is 49.8 Å². The van der Waals surface area contributed by atoms with Gasteiger partial charge in [-0.1, -0.05) is 56.0 Å². The quantitative estimate of drug-likeness (QED) is 0.611. The Kier molecular flexibility index (Phi) is 7.20. The van der Waals surface area contributed by atoms with Crippen molar-refractivity contribution < 1.29 is 14.6 Å². The summed E-state index contributed by atoms with van der Waals surface area (Å²) in [5.74, 6) is 5.12. The van der Waals surface area contributed by atoms with Crippen LogP contribution in [0.3, 0.4) is 0 Å². The van der Waals surface area contributed by atoms with Crippen molar-refractivity contribution in [2.75, 3.05) is 26.2 Å². The molecule has 5 heteroatoms. The summed E-state index contributed by atoms with van der Waals surface area (Å²) in [6, 6.07) is 10.6. The third-order valence-electron chi connectivity index (χ3n) is 4.02. The van der Waals surface area contributed by atoms with Gasteiger partial charge >= 0.3 is 5.97 Å². The Morgan fingerprint density at radius 2 is 1.88 bits per heavy atom. The fourth-order valence-corrected chi connectivity index (χ4v) is 3.12. The van der Waals surface area contributed by atoms with E-state index in [4.69, 9.17) is 4.74 Å². The number of nitrogens with zero attached hydrogens (tertiary/aromatic N) is 1. The maximum Gasteiger partial charge on any atom is 0.348 e. The summed E-state index contributed by atoms with van der Waals surface area (Å²) in [4.78, 5) is 14.8. The van der Waals surface area contributed by atoms with Crippen molar-refractivity contribution in [3.8, 4) is 11.8 Å². The van der Waals surface area contributed by atoms with E-state index >= 15 is 0 Å². The maximum absolute atomic E-state index is 12.6. The van der Waals surface area contributed by atoms with Crippen LogP contribution < -0.4 is 0 Å². The summed E-state index contributed by atoms with van der Waals surface area (Å²) in [6.45, 7) is 6.60. The van der Waals surface area contributed by atoms with E-state index in [-0.39, 0.29) is 6.61 Å². The van der Waals surface area contributed by atoms with Crippen LogP contribution in [0.5, 0.6) is 0 Å². The summed E-state index contributed by atoms with van der Waals surface area (Å²) in [5, 5.41) is 14.7. The zero-order valence-electron chi connectivity index (χ0n) is 14.6. The number of hydrogen-bond acceptors (Lipinski definition) is 5. The molecule has 0 aliphatic heterocycles. The molecule has 0 radical (unpaired) electrons. The minimum atomic E-state index is -1.82. The monoisotopic (exact) mass is 357 g/mol. The van der Waals surface area contributed by atoms with Crippen LogP contribution in [-0.4, -0.2) is 42.2 Å². The minimum Gasteiger partial charge on any atom is -0.450 e. The molecule has 1 aromatic carbocycles. The molecule has 0 fully saturated rings. The normalized spacial score (nSPS) is 13.0. The molecule has 0 aliphatic carbocycles. The number of benzene rings is 1. The molecular weight excluding hydrogens is 334 g/mol. The van der Waals surface area contributed by atoms with Crippen molar-refractivity contribution in [3.05, 3.63) is 58.3 Å². The molecule has 25 heavy (non-hydrogen) atoms. The molecule has 1 unspecified atom stereocenters. The first-order chi connectivity index (χ1) is 12.1. The Morgan fingerprint density at radius 3 is 2.48 bits per heavy atom. The summed E-state index contributed by atoms with van der Waals surface area (Å²) in [5.41, 5.74) is -0.832. The molecule has 4 nitrogen and oxygen atoms in total. The summed E-state index contributed by atoms with van der Waals surface area (Å²) in [6.07, 6.45) is 0. The molecule has 1 heterocycles. The highest BCUT2D eigenvalue weighted by Crippen LogP contribution is 2.32. The van der Waals surface area contributed by atoms with Crippen LogP contribution in [0.4, 0.5) is 0 Å². The van der Waals surface area contributed by atoms with Gasteiger partial charge in [-0.2, -0.15) is 11.3 Å². The Morgan fingerprint density at radius 1 is 1.16 bits per heavy atom. The average Bonchev–Trinajstić information content (AvgIpc) is 3.19. The van der Waals surface area contributed by atoms with Crippen molar-refractivity contribution in [1.29, 1.82) is 0 Å². The molecule has 132 valence electrons. The van der Waals surface area contributed by atoms with E-state index in [1.807, 2.05) is 11.4 Å². The van der Waals surface area contributed by atoms with Gasteiger partial charge in [0.15, 0.2) is 6.61 Å². The Labute approximate surface area is 153 Å². The minimum absolute atomic E-state index is 0.0423. The molecule has 0 spiro atoms. The highest BCUT2D eigenvalue weighted by molar-refractivity contribution is 7.08. The number of carbonyl (C=O) groups excluding carboxylic acids is 1. The fraction of sp³-hybridized carbons (Fsp3) is 0.350. The number of hydrogen-bond donors (Lipinski definition) is 1. The number of rotatable bonds is 7. The standard InChI is InChI=1S/C20H23NO3S/c1-3-21(4-2)13-8-9-14-24-19(22)20(23,18-12-15-25-16-18)17-10-6-5-7-11-17/h5-7,10-12,15-16,23H,3-4,13-14H2,1-2H3. The zero-order chi connectivity index (χ0) is 18.1. The fourth-order valence-electron chi connectivity index (χ4n) is 2.42. The van der Waals surface area contributed by atoms with Gasteiger partial charge in [-0.05, 0) is 35.5 Å². The largest absolute Gasteiger partial charge is 0.450 e. The van der Waals surface area contributed by atoms with Gasteiger partial charge in [0.05, 0.1) is 6.54 Å². The second-order valence-electron chi connectivity index (χ2n) is 5.48. The van der Waals surface area contributed by atoms with E-state index in [1.54, 1.807) is 35.7 Å². The smallest absolute Gasteiger partial charge is 0.348 e. The van der Waals surface area contributed by atoms with Gasteiger partial charge in [0.25, 0.3) is 0 Å². The van der Waals surface area contributed by atoms with Crippen LogP contribution in [-0.2, 0) is 15.1 Å². The lowest BCUT2D eigenvalue weighted by Crippen LogP contribution is -2.38. The number of aliphatic hydroxyl groups is 1. The Bertz CT molecular complexity index is 714. The van der Waals surface area contributed by atoms with Crippen LogP contribution in [0.2, 0.25) is 0 Å². The molecule has 2 aromatic rings. The van der Waals surface area contributed by atoms with E-state index in [0.717, 1.165) is 13.1 Å². The van der Waals surface area contributed by atoms with Crippen LogP contribution in [0.15, 0.2) is 47.2 Å². The molecule has 2 rings (SSSR count). The van der Waals surface area contributed by atoms with Gasteiger partial charge in [0.2, 0.25) is 5.60 Å².